The van der Waals surface area contributed by atoms with Crippen LogP contribution >= 0.6 is 23.1 Å². The first-order valence-corrected chi connectivity index (χ1v) is 10.9. The normalized spacial score (nSPS) is 12.0. The Labute approximate surface area is 173 Å². The van der Waals surface area contributed by atoms with Crippen molar-refractivity contribution in [2.45, 2.75) is 23.5 Å². The molecular formula is C24H21NOS2. The predicted molar refractivity (Wildman–Crippen MR) is 119 cm³/mol. The van der Waals surface area contributed by atoms with E-state index in [1.165, 1.54) is 10.4 Å². The number of aryl methyl sites for hydroxylation is 1. The van der Waals surface area contributed by atoms with Gasteiger partial charge in [0, 0.05) is 20.6 Å². The highest BCUT2D eigenvalue weighted by atomic mass is 32.2. The van der Waals surface area contributed by atoms with Crippen LogP contribution in [-0.2, 0) is 6.42 Å². The lowest BCUT2D eigenvalue weighted by Crippen LogP contribution is -1.99. The minimum absolute atomic E-state index is 0.266. The minimum atomic E-state index is 0.266. The van der Waals surface area contributed by atoms with Gasteiger partial charge in [-0.05, 0) is 43.2 Å². The second-order valence-electron chi connectivity index (χ2n) is 6.62. The molecule has 1 unspecified atom stereocenters. The number of phenols is 1. The third-order valence-electron chi connectivity index (χ3n) is 4.52. The molecule has 4 rings (SSSR count). The molecule has 0 spiro atoms. The van der Waals surface area contributed by atoms with Gasteiger partial charge in [0.05, 0.1) is 5.69 Å². The zero-order chi connectivity index (χ0) is 19.3. The Kier molecular flexibility index (Phi) is 5.79. The number of thiazole rings is 1. The van der Waals surface area contributed by atoms with Crippen molar-refractivity contribution >= 4 is 23.1 Å². The molecule has 0 saturated carbocycles. The Hall–Kier alpha value is -2.56. The largest absolute Gasteiger partial charge is 0.508 e. The van der Waals surface area contributed by atoms with E-state index >= 15 is 0 Å². The van der Waals surface area contributed by atoms with Crippen LogP contribution in [0.4, 0.5) is 0 Å². The van der Waals surface area contributed by atoms with Gasteiger partial charge >= 0.3 is 0 Å². The summed E-state index contributed by atoms with van der Waals surface area (Å²) in [7, 11) is 0. The lowest BCUT2D eigenvalue weighted by Gasteiger charge is -2.16. The van der Waals surface area contributed by atoms with Crippen LogP contribution in [0.3, 0.4) is 0 Å². The van der Waals surface area contributed by atoms with Gasteiger partial charge in [-0.25, -0.2) is 4.98 Å². The average molecular weight is 404 g/mol. The fraction of sp³-hybridized carbons (Fsp3) is 0.125. The summed E-state index contributed by atoms with van der Waals surface area (Å²) in [5, 5.41) is 10.9. The number of aromatic nitrogens is 1. The van der Waals surface area contributed by atoms with E-state index in [2.05, 4.69) is 61.5 Å². The van der Waals surface area contributed by atoms with E-state index < -0.39 is 0 Å². The number of nitrogens with zero attached hydrogens (tertiary/aromatic N) is 1. The maximum absolute atomic E-state index is 9.60. The average Bonchev–Trinajstić information content (AvgIpc) is 3.12. The van der Waals surface area contributed by atoms with E-state index in [1.807, 2.05) is 30.0 Å². The molecule has 4 heteroatoms. The summed E-state index contributed by atoms with van der Waals surface area (Å²) in [4.78, 5) is 7.32. The molecule has 2 nitrogen and oxygen atoms in total. The van der Waals surface area contributed by atoms with Crippen molar-refractivity contribution in [3.8, 4) is 16.3 Å². The van der Waals surface area contributed by atoms with Crippen LogP contribution in [0.5, 0.6) is 5.75 Å². The molecule has 0 aliphatic heterocycles. The Bertz CT molecular complexity index is 1030. The molecule has 1 N–H and O–H groups in total. The molecule has 4 aromatic rings. The van der Waals surface area contributed by atoms with E-state index in [9.17, 15) is 5.11 Å². The van der Waals surface area contributed by atoms with Crippen LogP contribution in [0.1, 0.15) is 21.4 Å². The fourth-order valence-electron chi connectivity index (χ4n) is 3.12. The molecule has 28 heavy (non-hydrogen) atoms. The summed E-state index contributed by atoms with van der Waals surface area (Å²) in [6.45, 7) is 2.10. The summed E-state index contributed by atoms with van der Waals surface area (Å²) in [6.07, 6.45) is 0.934. The monoisotopic (exact) mass is 403 g/mol. The molecule has 1 atom stereocenters. The second-order valence-corrected chi connectivity index (χ2v) is 8.93. The van der Waals surface area contributed by atoms with Crippen molar-refractivity contribution in [2.24, 2.45) is 0 Å². The number of phenolic OH excluding ortho intramolecular Hbond substituents is 1. The fourth-order valence-corrected chi connectivity index (χ4v) is 5.63. The number of rotatable bonds is 6. The standard InChI is InChI=1S/C24H21NOS2/c1-17-23(28-24(25-17)19-10-6-3-7-11-19)22(16-18-8-4-2-5-9-18)27-21-14-12-20(26)13-15-21/h2-15,22,26H,16H2,1H3. The Morgan fingerprint density at radius 2 is 1.54 bits per heavy atom. The predicted octanol–water partition coefficient (Wildman–Crippen LogP) is 6.90. The lowest BCUT2D eigenvalue weighted by atomic mass is 10.1. The SMILES string of the molecule is Cc1nc(-c2ccccc2)sc1C(Cc1ccccc1)Sc1ccc(O)cc1. The van der Waals surface area contributed by atoms with Gasteiger partial charge in [0.1, 0.15) is 10.8 Å². The van der Waals surface area contributed by atoms with Gasteiger partial charge in [-0.2, -0.15) is 0 Å². The first-order chi connectivity index (χ1) is 13.7. The van der Waals surface area contributed by atoms with Gasteiger partial charge in [0.15, 0.2) is 0 Å². The van der Waals surface area contributed by atoms with Crippen molar-refractivity contribution in [1.82, 2.24) is 4.98 Å². The highest BCUT2D eigenvalue weighted by Gasteiger charge is 2.21. The van der Waals surface area contributed by atoms with Crippen LogP contribution in [0, 0.1) is 6.92 Å². The van der Waals surface area contributed by atoms with Crippen molar-refractivity contribution in [2.75, 3.05) is 0 Å². The molecular weight excluding hydrogens is 382 g/mol. The van der Waals surface area contributed by atoms with Crippen molar-refractivity contribution < 1.29 is 5.11 Å². The number of hydrogen-bond donors (Lipinski definition) is 1. The maximum Gasteiger partial charge on any atom is 0.123 e. The molecule has 0 aliphatic rings. The minimum Gasteiger partial charge on any atom is -0.508 e. The molecule has 0 aliphatic carbocycles. The van der Waals surface area contributed by atoms with Gasteiger partial charge in [0.25, 0.3) is 0 Å². The van der Waals surface area contributed by atoms with Gasteiger partial charge in [-0.1, -0.05) is 60.7 Å². The second kappa shape index (κ2) is 8.63. The van der Waals surface area contributed by atoms with E-state index in [4.69, 9.17) is 4.98 Å². The van der Waals surface area contributed by atoms with Crippen LogP contribution in [0.15, 0.2) is 89.8 Å². The molecule has 3 aromatic carbocycles. The summed E-state index contributed by atoms with van der Waals surface area (Å²) >= 11 is 3.61. The number of aromatic hydroxyl groups is 1. The number of benzene rings is 3. The maximum atomic E-state index is 9.60. The highest BCUT2D eigenvalue weighted by molar-refractivity contribution is 7.99. The van der Waals surface area contributed by atoms with Gasteiger partial charge in [0.2, 0.25) is 0 Å². The van der Waals surface area contributed by atoms with Crippen molar-refractivity contribution in [3.63, 3.8) is 0 Å². The van der Waals surface area contributed by atoms with Crippen LogP contribution in [-0.4, -0.2) is 10.1 Å². The zero-order valence-electron chi connectivity index (χ0n) is 15.6. The molecule has 1 aromatic heterocycles. The van der Waals surface area contributed by atoms with Crippen LogP contribution < -0.4 is 0 Å². The van der Waals surface area contributed by atoms with Crippen LogP contribution in [0.2, 0.25) is 0 Å². The van der Waals surface area contributed by atoms with E-state index in [0.717, 1.165) is 27.6 Å². The topological polar surface area (TPSA) is 33.1 Å². The summed E-state index contributed by atoms with van der Waals surface area (Å²) < 4.78 is 0. The summed E-state index contributed by atoms with van der Waals surface area (Å²) in [5.74, 6) is 0.296. The number of hydrogen-bond acceptors (Lipinski definition) is 4. The Morgan fingerprint density at radius 1 is 0.893 bits per heavy atom. The zero-order valence-corrected chi connectivity index (χ0v) is 17.2. The van der Waals surface area contributed by atoms with Gasteiger partial charge < -0.3 is 5.11 Å². The highest BCUT2D eigenvalue weighted by Crippen LogP contribution is 2.43. The molecule has 0 radical (unpaired) electrons. The van der Waals surface area contributed by atoms with E-state index in [-0.39, 0.29) is 5.25 Å². The van der Waals surface area contributed by atoms with Crippen molar-refractivity contribution in [3.05, 3.63) is 101 Å². The number of thioether (sulfide) groups is 1. The molecule has 140 valence electrons. The quantitative estimate of drug-likeness (QED) is 0.355. The Morgan fingerprint density at radius 3 is 2.21 bits per heavy atom. The third-order valence-corrected chi connectivity index (χ3v) is 7.23. The lowest BCUT2D eigenvalue weighted by molar-refractivity contribution is 0.475. The molecule has 1 heterocycles. The third kappa shape index (κ3) is 4.46. The molecule has 0 bridgehead atoms. The first-order valence-electron chi connectivity index (χ1n) is 9.21. The summed E-state index contributed by atoms with van der Waals surface area (Å²) in [5.41, 5.74) is 3.57. The van der Waals surface area contributed by atoms with Crippen molar-refractivity contribution in [1.29, 1.82) is 0 Å². The molecule has 0 fully saturated rings. The Balaban J connectivity index is 1.68. The first kappa shape index (κ1) is 18.8. The van der Waals surface area contributed by atoms with Crippen LogP contribution in [0.25, 0.3) is 10.6 Å². The van der Waals surface area contributed by atoms with Gasteiger partial charge in [-0.3, -0.25) is 0 Å². The summed E-state index contributed by atoms with van der Waals surface area (Å²) in [6, 6.07) is 28.4. The smallest absolute Gasteiger partial charge is 0.123 e. The van der Waals surface area contributed by atoms with E-state index in [0.29, 0.717) is 5.75 Å². The van der Waals surface area contributed by atoms with Gasteiger partial charge in [-0.15, -0.1) is 23.1 Å². The molecule has 0 saturated heterocycles. The van der Waals surface area contributed by atoms with E-state index in [1.54, 1.807) is 23.5 Å². The molecule has 0 amide bonds.